The molecule has 4 nitrogen and oxygen atoms in total. The Labute approximate surface area is 99.5 Å². The number of hydrogen-bond acceptors (Lipinski definition) is 2. The van der Waals surface area contributed by atoms with Gasteiger partial charge in [0, 0.05) is 19.6 Å². The Morgan fingerprint density at radius 3 is 2.56 bits per heavy atom. The highest BCUT2D eigenvalue weighted by Gasteiger charge is 2.15. The minimum absolute atomic E-state index is 0.639. The normalized spacial score (nSPS) is 18.1. The first kappa shape index (κ1) is 13.3. The quantitative estimate of drug-likeness (QED) is 0.418. The summed E-state index contributed by atoms with van der Waals surface area (Å²) in [7, 11) is 6.05. The van der Waals surface area contributed by atoms with Gasteiger partial charge in [0.25, 0.3) is 0 Å². The van der Waals surface area contributed by atoms with Gasteiger partial charge in [-0.3, -0.25) is 4.99 Å². The second-order valence-corrected chi connectivity index (χ2v) is 4.78. The Morgan fingerprint density at radius 2 is 2.00 bits per heavy atom. The molecular formula is C12H26N4. The van der Waals surface area contributed by atoms with Gasteiger partial charge >= 0.3 is 0 Å². The fourth-order valence-electron chi connectivity index (χ4n) is 2.06. The zero-order chi connectivity index (χ0) is 11.8. The molecule has 0 atom stereocenters. The van der Waals surface area contributed by atoms with Crippen LogP contribution in [0.25, 0.3) is 0 Å². The molecule has 4 heteroatoms. The van der Waals surface area contributed by atoms with Crippen molar-refractivity contribution < 1.29 is 0 Å². The van der Waals surface area contributed by atoms with Gasteiger partial charge < -0.3 is 15.5 Å². The fourth-order valence-corrected chi connectivity index (χ4v) is 2.06. The zero-order valence-corrected chi connectivity index (χ0v) is 10.9. The number of nitrogens with zero attached hydrogens (tertiary/aromatic N) is 2. The van der Waals surface area contributed by atoms with Gasteiger partial charge in [-0.2, -0.15) is 0 Å². The van der Waals surface area contributed by atoms with E-state index in [2.05, 4.69) is 34.6 Å². The van der Waals surface area contributed by atoms with Gasteiger partial charge in [-0.1, -0.05) is 12.8 Å². The maximum atomic E-state index is 4.25. The highest BCUT2D eigenvalue weighted by atomic mass is 15.2. The van der Waals surface area contributed by atoms with Gasteiger partial charge in [-0.25, -0.2) is 0 Å². The van der Waals surface area contributed by atoms with Crippen molar-refractivity contribution in [2.45, 2.75) is 38.1 Å². The molecule has 0 aromatic rings. The van der Waals surface area contributed by atoms with Crippen LogP contribution < -0.4 is 10.6 Å². The summed E-state index contributed by atoms with van der Waals surface area (Å²) in [6.07, 6.45) is 6.44. The van der Waals surface area contributed by atoms with E-state index in [-0.39, 0.29) is 0 Å². The molecule has 1 saturated carbocycles. The molecule has 94 valence electrons. The van der Waals surface area contributed by atoms with Crippen molar-refractivity contribution in [2.75, 3.05) is 34.2 Å². The van der Waals surface area contributed by atoms with E-state index in [4.69, 9.17) is 0 Å². The van der Waals surface area contributed by atoms with Gasteiger partial charge in [-0.05, 0) is 39.9 Å². The van der Waals surface area contributed by atoms with Crippen molar-refractivity contribution in [2.24, 2.45) is 4.99 Å². The SMILES string of the molecule is CN=C(NCCCN(C)C)NC1CCCC1. The highest BCUT2D eigenvalue weighted by Crippen LogP contribution is 2.17. The molecule has 0 aliphatic heterocycles. The van der Waals surface area contributed by atoms with E-state index in [1.54, 1.807) is 0 Å². The summed E-state index contributed by atoms with van der Waals surface area (Å²) in [5.41, 5.74) is 0. The predicted octanol–water partition coefficient (Wildman–Crippen LogP) is 1.05. The zero-order valence-electron chi connectivity index (χ0n) is 10.9. The first-order chi connectivity index (χ1) is 7.72. The molecule has 0 unspecified atom stereocenters. The first-order valence-electron chi connectivity index (χ1n) is 6.34. The Balaban J connectivity index is 2.11. The van der Waals surface area contributed by atoms with Crippen LogP contribution in [0.1, 0.15) is 32.1 Å². The molecule has 1 fully saturated rings. The molecule has 0 radical (unpaired) electrons. The van der Waals surface area contributed by atoms with Crippen LogP contribution in [0.4, 0.5) is 0 Å². The van der Waals surface area contributed by atoms with Crippen molar-refractivity contribution in [1.29, 1.82) is 0 Å². The second-order valence-electron chi connectivity index (χ2n) is 4.78. The van der Waals surface area contributed by atoms with Crippen LogP contribution >= 0.6 is 0 Å². The third-order valence-corrected chi connectivity index (χ3v) is 2.99. The Hall–Kier alpha value is -0.770. The lowest BCUT2D eigenvalue weighted by atomic mass is 10.2. The van der Waals surface area contributed by atoms with Crippen LogP contribution in [0.5, 0.6) is 0 Å². The number of aliphatic imine (C=N–C) groups is 1. The van der Waals surface area contributed by atoms with Crippen LogP contribution in [0.2, 0.25) is 0 Å². The molecule has 0 aromatic heterocycles. The Bertz CT molecular complexity index is 207. The molecular weight excluding hydrogens is 200 g/mol. The third kappa shape index (κ3) is 5.35. The lowest BCUT2D eigenvalue weighted by molar-refractivity contribution is 0.399. The third-order valence-electron chi connectivity index (χ3n) is 2.99. The van der Waals surface area contributed by atoms with Crippen LogP contribution in [-0.4, -0.2) is 51.1 Å². The van der Waals surface area contributed by atoms with E-state index >= 15 is 0 Å². The smallest absolute Gasteiger partial charge is 0.191 e. The molecule has 0 spiro atoms. The lowest BCUT2D eigenvalue weighted by Crippen LogP contribution is -2.43. The first-order valence-corrected chi connectivity index (χ1v) is 6.34. The average molecular weight is 226 g/mol. The molecule has 0 aromatic carbocycles. The summed E-state index contributed by atoms with van der Waals surface area (Å²) in [5.74, 6) is 0.964. The number of hydrogen-bond donors (Lipinski definition) is 2. The van der Waals surface area contributed by atoms with Crippen LogP contribution in [0.15, 0.2) is 4.99 Å². The molecule has 1 aliphatic rings. The molecule has 0 bridgehead atoms. The summed E-state index contributed by atoms with van der Waals surface area (Å²) in [6, 6.07) is 0.639. The second kappa shape index (κ2) is 7.49. The van der Waals surface area contributed by atoms with Gasteiger partial charge in [0.05, 0.1) is 0 Å². The highest BCUT2D eigenvalue weighted by molar-refractivity contribution is 5.79. The molecule has 1 rings (SSSR count). The summed E-state index contributed by atoms with van der Waals surface area (Å²) < 4.78 is 0. The van der Waals surface area contributed by atoms with E-state index in [0.29, 0.717) is 6.04 Å². The fraction of sp³-hybridized carbons (Fsp3) is 0.917. The largest absolute Gasteiger partial charge is 0.356 e. The minimum Gasteiger partial charge on any atom is -0.356 e. The molecule has 0 heterocycles. The average Bonchev–Trinajstić information content (AvgIpc) is 2.75. The number of guanidine groups is 1. The monoisotopic (exact) mass is 226 g/mol. The van der Waals surface area contributed by atoms with Crippen LogP contribution in [0.3, 0.4) is 0 Å². The maximum Gasteiger partial charge on any atom is 0.191 e. The van der Waals surface area contributed by atoms with Gasteiger partial charge in [0.1, 0.15) is 0 Å². The van der Waals surface area contributed by atoms with Crippen molar-refractivity contribution in [3.63, 3.8) is 0 Å². The van der Waals surface area contributed by atoms with Crippen molar-refractivity contribution >= 4 is 5.96 Å². The van der Waals surface area contributed by atoms with Crippen molar-refractivity contribution in [3.05, 3.63) is 0 Å². The minimum atomic E-state index is 0.639. The predicted molar refractivity (Wildman–Crippen MR) is 69.9 cm³/mol. The van der Waals surface area contributed by atoms with E-state index in [1.165, 1.54) is 25.7 Å². The standard InChI is InChI=1S/C12H26N4/c1-13-12(14-9-6-10-16(2)3)15-11-7-4-5-8-11/h11H,4-10H2,1-3H3,(H2,13,14,15). The number of nitrogens with one attached hydrogen (secondary N) is 2. The van der Waals surface area contributed by atoms with Crippen molar-refractivity contribution in [3.8, 4) is 0 Å². The maximum absolute atomic E-state index is 4.25. The lowest BCUT2D eigenvalue weighted by Gasteiger charge is -2.17. The molecule has 16 heavy (non-hydrogen) atoms. The van der Waals surface area contributed by atoms with E-state index in [1.807, 2.05) is 7.05 Å². The van der Waals surface area contributed by atoms with Gasteiger partial charge in [0.2, 0.25) is 0 Å². The Kier molecular flexibility index (Phi) is 6.23. The summed E-state index contributed by atoms with van der Waals surface area (Å²) in [4.78, 5) is 6.45. The molecule has 2 N–H and O–H groups in total. The van der Waals surface area contributed by atoms with Gasteiger partial charge in [0.15, 0.2) is 5.96 Å². The molecule has 0 amide bonds. The summed E-state index contributed by atoms with van der Waals surface area (Å²) in [5, 5.41) is 6.84. The topological polar surface area (TPSA) is 39.7 Å². The van der Waals surface area contributed by atoms with Crippen LogP contribution in [-0.2, 0) is 0 Å². The molecule has 1 aliphatic carbocycles. The van der Waals surface area contributed by atoms with Gasteiger partial charge in [-0.15, -0.1) is 0 Å². The van der Waals surface area contributed by atoms with Crippen molar-refractivity contribution in [1.82, 2.24) is 15.5 Å². The van der Waals surface area contributed by atoms with Crippen LogP contribution in [0, 0.1) is 0 Å². The molecule has 0 saturated heterocycles. The summed E-state index contributed by atoms with van der Waals surface area (Å²) >= 11 is 0. The Morgan fingerprint density at radius 1 is 1.31 bits per heavy atom. The van der Waals surface area contributed by atoms with E-state index < -0.39 is 0 Å². The van der Waals surface area contributed by atoms with E-state index in [0.717, 1.165) is 25.5 Å². The summed E-state index contributed by atoms with van der Waals surface area (Å²) in [6.45, 7) is 2.11. The van der Waals surface area contributed by atoms with E-state index in [9.17, 15) is 0 Å². The number of rotatable bonds is 5.